The van der Waals surface area contributed by atoms with Gasteiger partial charge in [0.25, 0.3) is 0 Å². The maximum Gasteiger partial charge on any atom is 0.124 e. The fourth-order valence-electron chi connectivity index (χ4n) is 3.68. The van der Waals surface area contributed by atoms with Crippen LogP contribution < -0.4 is 10.1 Å². The molecule has 4 nitrogen and oxygen atoms in total. The third-order valence-electron chi connectivity index (χ3n) is 4.89. The largest absolute Gasteiger partial charge is 0.490 e. The molecule has 1 fully saturated rings. The summed E-state index contributed by atoms with van der Waals surface area (Å²) in [6.45, 7) is 4.83. The van der Waals surface area contributed by atoms with Crippen molar-refractivity contribution in [2.45, 2.75) is 18.8 Å². The number of benzene rings is 2. The van der Waals surface area contributed by atoms with E-state index in [0.717, 1.165) is 37.5 Å². The number of halogens is 3. The molecule has 2 aliphatic heterocycles. The van der Waals surface area contributed by atoms with Crippen LogP contribution >= 0.6 is 24.8 Å². The molecule has 7 heteroatoms. The number of nitrogens with zero attached hydrogens (tertiary/aromatic N) is 1. The highest BCUT2D eigenvalue weighted by molar-refractivity contribution is 5.85. The number of rotatable bonds is 4. The molecule has 4 rings (SSSR count). The fraction of sp³-hybridized carbons (Fsp3) is 0.400. The van der Waals surface area contributed by atoms with E-state index in [-0.39, 0.29) is 42.8 Å². The lowest BCUT2D eigenvalue weighted by molar-refractivity contribution is -0.0617. The minimum Gasteiger partial charge on any atom is -0.490 e. The van der Waals surface area contributed by atoms with Crippen LogP contribution in [-0.4, -0.2) is 43.8 Å². The van der Waals surface area contributed by atoms with Crippen LogP contribution in [0.5, 0.6) is 5.75 Å². The van der Waals surface area contributed by atoms with E-state index >= 15 is 0 Å². The lowest BCUT2D eigenvalue weighted by Gasteiger charge is -2.42. The SMILES string of the molecule is Cl.Cl.Fc1cccc(CO[C@H]2COc3ccccc3[C@@H]2N2CCNCC2)c1. The quantitative estimate of drug-likeness (QED) is 0.828. The van der Waals surface area contributed by atoms with Crippen molar-refractivity contribution in [2.24, 2.45) is 0 Å². The van der Waals surface area contributed by atoms with E-state index in [0.29, 0.717) is 13.2 Å². The highest BCUT2D eigenvalue weighted by Gasteiger charge is 2.36. The summed E-state index contributed by atoms with van der Waals surface area (Å²) in [7, 11) is 0. The van der Waals surface area contributed by atoms with Crippen molar-refractivity contribution in [1.82, 2.24) is 10.2 Å². The summed E-state index contributed by atoms with van der Waals surface area (Å²) in [4.78, 5) is 2.47. The highest BCUT2D eigenvalue weighted by atomic mass is 35.5. The molecule has 27 heavy (non-hydrogen) atoms. The van der Waals surface area contributed by atoms with Crippen molar-refractivity contribution in [2.75, 3.05) is 32.8 Å². The Labute approximate surface area is 171 Å². The molecule has 148 valence electrons. The van der Waals surface area contributed by atoms with Crippen LogP contribution in [0.3, 0.4) is 0 Å². The molecule has 2 aliphatic rings. The Morgan fingerprint density at radius 3 is 2.63 bits per heavy atom. The Balaban J connectivity index is 0.00000131. The van der Waals surface area contributed by atoms with Crippen LogP contribution in [0.25, 0.3) is 0 Å². The molecular weight excluding hydrogens is 390 g/mol. The minimum atomic E-state index is -0.231. The molecule has 2 aromatic carbocycles. The standard InChI is InChI=1S/C20H23FN2O2.2ClH/c21-16-5-3-4-15(12-16)13-24-19-14-25-18-7-2-1-6-17(18)20(19)23-10-8-22-9-11-23;;/h1-7,12,19-20,22H,8-11,13-14H2;2*1H/t19-,20-;;/m0../s1. The van der Waals surface area contributed by atoms with Gasteiger partial charge in [-0.2, -0.15) is 0 Å². The van der Waals surface area contributed by atoms with Gasteiger partial charge in [-0.15, -0.1) is 24.8 Å². The zero-order chi connectivity index (χ0) is 17.1. The molecule has 2 heterocycles. The summed E-state index contributed by atoms with van der Waals surface area (Å²) in [5.41, 5.74) is 2.03. The van der Waals surface area contributed by atoms with E-state index in [2.05, 4.69) is 16.3 Å². The van der Waals surface area contributed by atoms with Crippen molar-refractivity contribution < 1.29 is 13.9 Å². The number of hydrogen-bond acceptors (Lipinski definition) is 4. The number of ether oxygens (including phenoxy) is 2. The predicted molar refractivity (Wildman–Crippen MR) is 109 cm³/mol. The number of fused-ring (bicyclic) bond motifs is 1. The van der Waals surface area contributed by atoms with Crippen molar-refractivity contribution in [3.63, 3.8) is 0 Å². The molecule has 2 atom stereocenters. The summed E-state index contributed by atoms with van der Waals surface area (Å²) in [5, 5.41) is 3.40. The van der Waals surface area contributed by atoms with E-state index in [1.54, 1.807) is 6.07 Å². The van der Waals surface area contributed by atoms with Gasteiger partial charge in [-0.05, 0) is 23.8 Å². The molecule has 1 saturated heterocycles. The van der Waals surface area contributed by atoms with Crippen LogP contribution in [0.15, 0.2) is 48.5 Å². The molecule has 0 amide bonds. The van der Waals surface area contributed by atoms with Gasteiger partial charge in [-0.25, -0.2) is 4.39 Å². The van der Waals surface area contributed by atoms with Gasteiger partial charge in [-0.3, -0.25) is 4.90 Å². The van der Waals surface area contributed by atoms with Crippen molar-refractivity contribution in [3.05, 3.63) is 65.5 Å². The van der Waals surface area contributed by atoms with Crippen LogP contribution in [0, 0.1) is 5.82 Å². The van der Waals surface area contributed by atoms with Crippen LogP contribution in [0.1, 0.15) is 17.2 Å². The second kappa shape index (κ2) is 10.2. The van der Waals surface area contributed by atoms with Crippen LogP contribution in [-0.2, 0) is 11.3 Å². The monoisotopic (exact) mass is 414 g/mol. The second-order valence-corrected chi connectivity index (χ2v) is 6.56. The average Bonchev–Trinajstić information content (AvgIpc) is 2.66. The highest BCUT2D eigenvalue weighted by Crippen LogP contribution is 2.37. The van der Waals surface area contributed by atoms with Gasteiger partial charge in [0.1, 0.15) is 24.3 Å². The van der Waals surface area contributed by atoms with Crippen molar-refractivity contribution in [1.29, 1.82) is 0 Å². The molecule has 0 bridgehead atoms. The molecule has 0 spiro atoms. The first-order valence-electron chi connectivity index (χ1n) is 8.84. The van der Waals surface area contributed by atoms with E-state index < -0.39 is 0 Å². The zero-order valence-electron chi connectivity index (χ0n) is 15.0. The molecule has 0 aromatic heterocycles. The average molecular weight is 415 g/mol. The Bertz CT molecular complexity index is 729. The van der Waals surface area contributed by atoms with Gasteiger partial charge in [0.15, 0.2) is 0 Å². The molecular formula is C20H25Cl2FN2O2. The molecule has 0 aliphatic carbocycles. The molecule has 0 radical (unpaired) electrons. The smallest absolute Gasteiger partial charge is 0.124 e. The van der Waals surface area contributed by atoms with E-state index in [4.69, 9.17) is 9.47 Å². The molecule has 2 aromatic rings. The topological polar surface area (TPSA) is 33.7 Å². The third kappa shape index (κ3) is 5.12. The summed E-state index contributed by atoms with van der Waals surface area (Å²) in [6, 6.07) is 14.9. The third-order valence-corrected chi connectivity index (χ3v) is 4.89. The number of nitrogens with one attached hydrogen (secondary N) is 1. The number of para-hydroxylation sites is 1. The summed E-state index contributed by atoms with van der Waals surface area (Å²) >= 11 is 0. The fourth-order valence-corrected chi connectivity index (χ4v) is 3.68. The Morgan fingerprint density at radius 2 is 1.85 bits per heavy atom. The molecule has 0 unspecified atom stereocenters. The zero-order valence-corrected chi connectivity index (χ0v) is 16.6. The van der Waals surface area contributed by atoms with Gasteiger partial charge in [-0.1, -0.05) is 30.3 Å². The number of piperazine rings is 1. The predicted octanol–water partition coefficient (Wildman–Crippen LogP) is 3.59. The lowest BCUT2D eigenvalue weighted by Crippen LogP contribution is -2.51. The summed E-state index contributed by atoms with van der Waals surface area (Å²) in [5.74, 6) is 0.710. The Morgan fingerprint density at radius 1 is 1.07 bits per heavy atom. The van der Waals surface area contributed by atoms with Gasteiger partial charge in [0, 0.05) is 31.7 Å². The van der Waals surface area contributed by atoms with Gasteiger partial charge in [0.05, 0.1) is 12.6 Å². The van der Waals surface area contributed by atoms with E-state index in [1.807, 2.05) is 24.3 Å². The maximum absolute atomic E-state index is 13.4. The second-order valence-electron chi connectivity index (χ2n) is 6.56. The van der Waals surface area contributed by atoms with Gasteiger partial charge >= 0.3 is 0 Å². The minimum absolute atomic E-state index is 0. The van der Waals surface area contributed by atoms with Crippen LogP contribution in [0.2, 0.25) is 0 Å². The summed E-state index contributed by atoms with van der Waals surface area (Å²) < 4.78 is 25.5. The maximum atomic E-state index is 13.4. The normalized spacial score (nSPS) is 22.0. The van der Waals surface area contributed by atoms with Gasteiger partial charge in [0.2, 0.25) is 0 Å². The first-order chi connectivity index (χ1) is 12.3. The number of hydrogen-bond donors (Lipinski definition) is 1. The molecule has 0 saturated carbocycles. The van der Waals surface area contributed by atoms with Crippen molar-refractivity contribution in [3.8, 4) is 5.75 Å². The van der Waals surface area contributed by atoms with Crippen LogP contribution in [0.4, 0.5) is 4.39 Å². The van der Waals surface area contributed by atoms with E-state index in [1.165, 1.54) is 17.7 Å². The Hall–Kier alpha value is -1.37. The van der Waals surface area contributed by atoms with Gasteiger partial charge < -0.3 is 14.8 Å². The van der Waals surface area contributed by atoms with E-state index in [9.17, 15) is 4.39 Å². The summed E-state index contributed by atoms with van der Waals surface area (Å²) in [6.07, 6.45) is -0.0729. The first-order valence-corrected chi connectivity index (χ1v) is 8.84. The Kier molecular flexibility index (Phi) is 8.32. The van der Waals surface area contributed by atoms with Crippen molar-refractivity contribution >= 4 is 24.8 Å². The first kappa shape index (κ1) is 21.9. The molecule has 1 N–H and O–H groups in total. The lowest BCUT2D eigenvalue weighted by atomic mass is 9.95.